The minimum absolute atomic E-state index is 0.0428. The first-order chi connectivity index (χ1) is 9.40. The van der Waals surface area contributed by atoms with Crippen LogP contribution < -0.4 is 5.32 Å². The molecule has 108 valence electrons. The summed E-state index contributed by atoms with van der Waals surface area (Å²) in [5.41, 5.74) is 1.01. The van der Waals surface area contributed by atoms with Crippen LogP contribution in [0.4, 0.5) is 5.13 Å². The Labute approximate surface area is 123 Å². The number of hydrogen-bond acceptors (Lipinski definition) is 6. The molecule has 20 heavy (non-hydrogen) atoms. The van der Waals surface area contributed by atoms with Gasteiger partial charge in [-0.05, 0) is 31.0 Å². The maximum atomic E-state index is 11.4. The molecule has 1 aromatic carbocycles. The lowest BCUT2D eigenvalue weighted by molar-refractivity contribution is 0.602. The van der Waals surface area contributed by atoms with Crippen molar-refractivity contribution in [2.75, 3.05) is 11.6 Å². The molecule has 0 saturated heterocycles. The van der Waals surface area contributed by atoms with Crippen LogP contribution in [-0.4, -0.2) is 24.9 Å². The zero-order valence-corrected chi connectivity index (χ0v) is 13.3. The highest BCUT2D eigenvalue weighted by Crippen LogP contribution is 2.23. The largest absolute Gasteiger partial charge is 0.354 e. The first kappa shape index (κ1) is 14.9. The molecule has 1 heterocycles. The summed E-state index contributed by atoms with van der Waals surface area (Å²) in [6, 6.07) is 6.92. The molecule has 0 bridgehead atoms. The van der Waals surface area contributed by atoms with Crippen LogP contribution in [0, 0.1) is 0 Å². The number of nitrogens with one attached hydrogen (secondary N) is 1. The van der Waals surface area contributed by atoms with E-state index in [0.29, 0.717) is 4.90 Å². The van der Waals surface area contributed by atoms with Gasteiger partial charge in [0, 0.05) is 6.26 Å². The Balaban J connectivity index is 2.11. The third-order valence-electron chi connectivity index (χ3n) is 2.92. The van der Waals surface area contributed by atoms with E-state index in [4.69, 9.17) is 0 Å². The lowest BCUT2D eigenvalue weighted by atomic mass is 10.1. The van der Waals surface area contributed by atoms with Gasteiger partial charge in [-0.2, -0.15) is 0 Å². The highest BCUT2D eigenvalue weighted by Gasteiger charge is 2.11. The molecular weight excluding hydrogens is 294 g/mol. The number of aromatic nitrogens is 2. The first-order valence-electron chi connectivity index (χ1n) is 6.29. The second-order valence-electron chi connectivity index (χ2n) is 4.56. The van der Waals surface area contributed by atoms with E-state index >= 15 is 0 Å². The van der Waals surface area contributed by atoms with E-state index in [9.17, 15) is 8.42 Å². The second-order valence-corrected chi connectivity index (χ2v) is 7.64. The van der Waals surface area contributed by atoms with Gasteiger partial charge in [-0.3, -0.25) is 0 Å². The molecule has 2 rings (SSSR count). The van der Waals surface area contributed by atoms with Crippen LogP contribution in [0.5, 0.6) is 0 Å². The lowest BCUT2D eigenvalue weighted by Gasteiger charge is -2.13. The van der Waals surface area contributed by atoms with Gasteiger partial charge in [0.05, 0.1) is 10.9 Å². The third-order valence-corrected chi connectivity index (χ3v) is 5.04. The van der Waals surface area contributed by atoms with Crippen LogP contribution in [0.1, 0.15) is 30.5 Å². The Morgan fingerprint density at radius 2 is 1.90 bits per heavy atom. The van der Waals surface area contributed by atoms with Crippen LogP contribution in [0.25, 0.3) is 0 Å². The van der Waals surface area contributed by atoms with Gasteiger partial charge >= 0.3 is 0 Å². The van der Waals surface area contributed by atoms with E-state index in [2.05, 4.69) is 15.5 Å². The number of rotatable bonds is 5. The third kappa shape index (κ3) is 3.55. The normalized spacial score (nSPS) is 13.2. The second kappa shape index (κ2) is 5.88. The van der Waals surface area contributed by atoms with Crippen molar-refractivity contribution in [1.82, 2.24) is 10.2 Å². The van der Waals surface area contributed by atoms with Crippen molar-refractivity contribution in [3.63, 3.8) is 0 Å². The van der Waals surface area contributed by atoms with Crippen molar-refractivity contribution in [1.29, 1.82) is 0 Å². The average Bonchev–Trinajstić information content (AvgIpc) is 2.85. The molecule has 1 atom stereocenters. The van der Waals surface area contributed by atoms with Gasteiger partial charge in [0.1, 0.15) is 5.01 Å². The van der Waals surface area contributed by atoms with Crippen LogP contribution in [0.3, 0.4) is 0 Å². The Hall–Kier alpha value is -1.47. The van der Waals surface area contributed by atoms with Gasteiger partial charge in [-0.1, -0.05) is 30.4 Å². The van der Waals surface area contributed by atoms with Crippen molar-refractivity contribution in [2.45, 2.75) is 31.2 Å². The number of aryl methyl sites for hydroxylation is 1. The number of benzene rings is 1. The van der Waals surface area contributed by atoms with Crippen molar-refractivity contribution >= 4 is 26.3 Å². The molecule has 0 radical (unpaired) electrons. The number of nitrogens with zero attached hydrogens (tertiary/aromatic N) is 2. The van der Waals surface area contributed by atoms with Gasteiger partial charge in [-0.25, -0.2) is 8.42 Å². The van der Waals surface area contributed by atoms with E-state index in [-0.39, 0.29) is 6.04 Å². The summed E-state index contributed by atoms with van der Waals surface area (Å²) in [5, 5.41) is 13.2. The topological polar surface area (TPSA) is 72.0 Å². The molecule has 1 N–H and O–H groups in total. The van der Waals surface area contributed by atoms with E-state index in [1.54, 1.807) is 12.1 Å². The Morgan fingerprint density at radius 1 is 1.25 bits per heavy atom. The predicted octanol–water partition coefficient (Wildman–Crippen LogP) is 2.68. The monoisotopic (exact) mass is 311 g/mol. The number of anilines is 1. The molecule has 5 nitrogen and oxygen atoms in total. The van der Waals surface area contributed by atoms with Crippen LogP contribution in [-0.2, 0) is 16.3 Å². The van der Waals surface area contributed by atoms with Gasteiger partial charge in [0.25, 0.3) is 0 Å². The van der Waals surface area contributed by atoms with Crippen LogP contribution in [0.2, 0.25) is 0 Å². The molecule has 0 saturated carbocycles. The minimum Gasteiger partial charge on any atom is -0.354 e. The Bertz CT molecular complexity index is 678. The minimum atomic E-state index is -3.14. The standard InChI is InChI=1S/C13H17N3O2S2/c1-4-12-15-16-13(19-12)14-9(2)10-5-7-11(8-6-10)20(3,17)18/h5-9H,4H2,1-3H3,(H,14,16). The molecule has 1 unspecified atom stereocenters. The fourth-order valence-electron chi connectivity index (χ4n) is 1.73. The SMILES string of the molecule is CCc1nnc(NC(C)c2ccc(S(C)(=O)=O)cc2)s1. The van der Waals surface area contributed by atoms with Crippen LogP contribution in [0.15, 0.2) is 29.2 Å². The number of hydrogen-bond donors (Lipinski definition) is 1. The maximum Gasteiger partial charge on any atom is 0.206 e. The maximum absolute atomic E-state index is 11.4. The summed E-state index contributed by atoms with van der Waals surface area (Å²) in [4.78, 5) is 0.331. The molecule has 0 aliphatic rings. The summed E-state index contributed by atoms with van der Waals surface area (Å²) in [5.74, 6) is 0. The molecule has 0 amide bonds. The molecule has 0 aliphatic heterocycles. The zero-order valence-electron chi connectivity index (χ0n) is 11.6. The van der Waals surface area contributed by atoms with Gasteiger partial charge in [-0.15, -0.1) is 10.2 Å². The van der Waals surface area contributed by atoms with E-state index in [1.807, 2.05) is 26.0 Å². The molecule has 0 spiro atoms. The number of sulfone groups is 1. The van der Waals surface area contributed by atoms with Crippen molar-refractivity contribution in [3.05, 3.63) is 34.8 Å². The van der Waals surface area contributed by atoms with Crippen molar-refractivity contribution in [2.24, 2.45) is 0 Å². The molecular formula is C13H17N3O2S2. The fraction of sp³-hybridized carbons (Fsp3) is 0.385. The molecule has 0 fully saturated rings. The first-order valence-corrected chi connectivity index (χ1v) is 9.00. The molecule has 2 aromatic rings. The highest BCUT2D eigenvalue weighted by molar-refractivity contribution is 7.90. The average molecular weight is 311 g/mol. The fourth-order valence-corrected chi connectivity index (χ4v) is 3.12. The summed E-state index contributed by atoms with van der Waals surface area (Å²) in [7, 11) is -3.14. The van der Waals surface area contributed by atoms with Gasteiger partial charge < -0.3 is 5.32 Å². The molecule has 1 aromatic heterocycles. The lowest BCUT2D eigenvalue weighted by Crippen LogP contribution is -2.07. The van der Waals surface area contributed by atoms with Gasteiger partial charge in [0.15, 0.2) is 9.84 Å². The van der Waals surface area contributed by atoms with E-state index in [1.165, 1.54) is 17.6 Å². The van der Waals surface area contributed by atoms with Crippen molar-refractivity contribution in [3.8, 4) is 0 Å². The summed E-state index contributed by atoms with van der Waals surface area (Å²) in [6.07, 6.45) is 2.08. The van der Waals surface area contributed by atoms with Gasteiger partial charge in [0.2, 0.25) is 5.13 Å². The smallest absolute Gasteiger partial charge is 0.206 e. The Kier molecular flexibility index (Phi) is 4.39. The summed E-state index contributed by atoms with van der Waals surface area (Å²) >= 11 is 1.53. The van der Waals surface area contributed by atoms with Crippen molar-refractivity contribution < 1.29 is 8.42 Å². The predicted molar refractivity (Wildman–Crippen MR) is 80.9 cm³/mol. The highest BCUT2D eigenvalue weighted by atomic mass is 32.2. The summed E-state index contributed by atoms with van der Waals surface area (Å²) < 4.78 is 22.8. The Morgan fingerprint density at radius 3 is 2.40 bits per heavy atom. The molecule has 7 heteroatoms. The van der Waals surface area contributed by atoms with E-state index < -0.39 is 9.84 Å². The van der Waals surface area contributed by atoms with E-state index in [0.717, 1.165) is 22.1 Å². The summed E-state index contributed by atoms with van der Waals surface area (Å²) in [6.45, 7) is 4.04. The van der Waals surface area contributed by atoms with Crippen LogP contribution >= 0.6 is 11.3 Å². The quantitative estimate of drug-likeness (QED) is 0.919. The molecule has 0 aliphatic carbocycles. The zero-order chi connectivity index (χ0) is 14.8.